The van der Waals surface area contributed by atoms with Crippen LogP contribution in [0.1, 0.15) is 64.7 Å². The molecule has 1 heterocycles. The highest BCUT2D eigenvalue weighted by molar-refractivity contribution is 5.76. The molecule has 22 heavy (non-hydrogen) atoms. The molecule has 0 aromatic heterocycles. The Hall–Kier alpha value is -1.26. The number of amides is 2. The molecule has 3 rings (SSSR count). The standard InChI is InChI=1S/C17H28N2O3/c1-11-10-13-4-2-3-5-15(13)19(11)17(22)18-14-8-6-12(7-9-14)16(20)21/h11-15H,2-10H2,1H3,(H,18,22)(H,20,21). The molecule has 3 atom stereocenters. The molecule has 2 aliphatic carbocycles. The molecule has 0 bridgehead atoms. The van der Waals surface area contributed by atoms with Crippen LogP contribution in [0.5, 0.6) is 0 Å². The number of carbonyl (C=O) groups excluding carboxylic acids is 1. The number of nitrogens with zero attached hydrogens (tertiary/aromatic N) is 1. The third kappa shape index (κ3) is 3.08. The van der Waals surface area contributed by atoms with Crippen molar-refractivity contribution in [1.82, 2.24) is 10.2 Å². The molecular formula is C17H28N2O3. The number of urea groups is 1. The zero-order valence-corrected chi connectivity index (χ0v) is 13.5. The van der Waals surface area contributed by atoms with E-state index >= 15 is 0 Å². The van der Waals surface area contributed by atoms with E-state index in [1.165, 1.54) is 19.3 Å². The van der Waals surface area contributed by atoms with Gasteiger partial charge in [-0.05, 0) is 57.8 Å². The van der Waals surface area contributed by atoms with Gasteiger partial charge in [0.15, 0.2) is 0 Å². The van der Waals surface area contributed by atoms with E-state index in [9.17, 15) is 9.59 Å². The van der Waals surface area contributed by atoms with Gasteiger partial charge in [-0.15, -0.1) is 0 Å². The maximum Gasteiger partial charge on any atom is 0.318 e. The van der Waals surface area contributed by atoms with Crippen LogP contribution in [0.3, 0.4) is 0 Å². The van der Waals surface area contributed by atoms with Crippen molar-refractivity contribution in [2.75, 3.05) is 0 Å². The third-order valence-electron chi connectivity index (χ3n) is 5.98. The number of nitrogens with one attached hydrogen (secondary N) is 1. The Balaban J connectivity index is 1.54. The van der Waals surface area contributed by atoms with E-state index in [0.29, 0.717) is 30.8 Å². The van der Waals surface area contributed by atoms with Gasteiger partial charge in [0.1, 0.15) is 0 Å². The zero-order chi connectivity index (χ0) is 15.7. The van der Waals surface area contributed by atoms with E-state index < -0.39 is 5.97 Å². The van der Waals surface area contributed by atoms with E-state index in [1.807, 2.05) is 0 Å². The minimum Gasteiger partial charge on any atom is -0.481 e. The lowest BCUT2D eigenvalue weighted by atomic mass is 9.85. The number of carbonyl (C=O) groups is 2. The summed E-state index contributed by atoms with van der Waals surface area (Å²) in [4.78, 5) is 25.8. The summed E-state index contributed by atoms with van der Waals surface area (Å²) in [5, 5.41) is 12.2. The summed E-state index contributed by atoms with van der Waals surface area (Å²) in [6, 6.07) is 1.00. The average molecular weight is 308 g/mol. The number of hydrogen-bond donors (Lipinski definition) is 2. The predicted molar refractivity (Wildman–Crippen MR) is 83.6 cm³/mol. The van der Waals surface area contributed by atoms with E-state index in [1.54, 1.807) is 0 Å². The van der Waals surface area contributed by atoms with Gasteiger partial charge in [0.2, 0.25) is 0 Å². The summed E-state index contributed by atoms with van der Waals surface area (Å²) < 4.78 is 0. The van der Waals surface area contributed by atoms with E-state index in [-0.39, 0.29) is 18.0 Å². The van der Waals surface area contributed by atoms with Gasteiger partial charge in [0.25, 0.3) is 0 Å². The normalized spacial score (nSPS) is 38.4. The minimum absolute atomic E-state index is 0.0840. The second kappa shape index (κ2) is 6.47. The van der Waals surface area contributed by atoms with Crippen molar-refractivity contribution in [3.8, 4) is 0 Å². The molecule has 2 saturated carbocycles. The molecule has 3 unspecified atom stereocenters. The Morgan fingerprint density at radius 2 is 1.73 bits per heavy atom. The summed E-state index contributed by atoms with van der Waals surface area (Å²) in [6.07, 6.45) is 9.05. The molecule has 5 nitrogen and oxygen atoms in total. The van der Waals surface area contributed by atoms with Crippen molar-refractivity contribution in [3.05, 3.63) is 0 Å². The summed E-state index contributed by atoms with van der Waals surface area (Å²) in [5.74, 6) is -0.221. The lowest BCUT2D eigenvalue weighted by Gasteiger charge is -2.35. The molecule has 2 N–H and O–H groups in total. The molecule has 124 valence electrons. The fourth-order valence-electron chi connectivity index (χ4n) is 4.79. The van der Waals surface area contributed by atoms with Gasteiger partial charge in [-0.3, -0.25) is 4.79 Å². The summed E-state index contributed by atoms with van der Waals surface area (Å²) in [7, 11) is 0. The fraction of sp³-hybridized carbons (Fsp3) is 0.882. The van der Waals surface area contributed by atoms with Crippen molar-refractivity contribution in [2.24, 2.45) is 11.8 Å². The van der Waals surface area contributed by atoms with Gasteiger partial charge in [-0.1, -0.05) is 12.8 Å². The highest BCUT2D eigenvalue weighted by Gasteiger charge is 2.43. The number of rotatable bonds is 2. The number of aliphatic carboxylic acids is 1. The van der Waals surface area contributed by atoms with Crippen LogP contribution in [0, 0.1) is 11.8 Å². The van der Waals surface area contributed by atoms with Gasteiger partial charge in [0, 0.05) is 18.1 Å². The molecule has 0 spiro atoms. The summed E-state index contributed by atoms with van der Waals surface area (Å²) in [6.45, 7) is 2.17. The van der Waals surface area contributed by atoms with Crippen LogP contribution in [-0.2, 0) is 4.79 Å². The molecule has 0 aromatic carbocycles. The second-order valence-corrected chi connectivity index (χ2v) is 7.44. The third-order valence-corrected chi connectivity index (χ3v) is 5.98. The largest absolute Gasteiger partial charge is 0.481 e. The molecule has 2 amide bonds. The number of hydrogen-bond acceptors (Lipinski definition) is 2. The van der Waals surface area contributed by atoms with Gasteiger partial charge < -0.3 is 15.3 Å². The predicted octanol–water partition coefficient (Wildman–Crippen LogP) is 2.99. The van der Waals surface area contributed by atoms with Gasteiger partial charge >= 0.3 is 12.0 Å². The Morgan fingerprint density at radius 3 is 2.41 bits per heavy atom. The molecular weight excluding hydrogens is 280 g/mol. The summed E-state index contributed by atoms with van der Waals surface area (Å²) >= 11 is 0. The van der Waals surface area contributed by atoms with Crippen molar-refractivity contribution in [1.29, 1.82) is 0 Å². The maximum absolute atomic E-state index is 12.7. The lowest BCUT2D eigenvalue weighted by molar-refractivity contribution is -0.142. The van der Waals surface area contributed by atoms with Crippen molar-refractivity contribution in [3.63, 3.8) is 0 Å². The van der Waals surface area contributed by atoms with E-state index in [2.05, 4.69) is 17.1 Å². The molecule has 1 saturated heterocycles. The zero-order valence-electron chi connectivity index (χ0n) is 13.5. The van der Waals surface area contributed by atoms with Crippen molar-refractivity contribution >= 4 is 12.0 Å². The first-order valence-electron chi connectivity index (χ1n) is 8.88. The number of fused-ring (bicyclic) bond motifs is 1. The second-order valence-electron chi connectivity index (χ2n) is 7.44. The van der Waals surface area contributed by atoms with Crippen LogP contribution in [0.2, 0.25) is 0 Å². The Labute approximate surface area is 132 Å². The van der Waals surface area contributed by atoms with Gasteiger partial charge in [-0.2, -0.15) is 0 Å². The number of carboxylic acids is 1. The SMILES string of the molecule is CC1CC2CCCCC2N1C(=O)NC1CCC(C(=O)O)CC1. The number of carboxylic acid groups (broad SMARTS) is 1. The lowest BCUT2D eigenvalue weighted by Crippen LogP contribution is -2.51. The topological polar surface area (TPSA) is 69.6 Å². The van der Waals surface area contributed by atoms with Crippen LogP contribution in [0.25, 0.3) is 0 Å². The Kier molecular flexibility index (Phi) is 4.59. The van der Waals surface area contributed by atoms with Crippen molar-refractivity contribution in [2.45, 2.75) is 82.8 Å². The maximum atomic E-state index is 12.7. The van der Waals surface area contributed by atoms with Crippen LogP contribution in [0.4, 0.5) is 4.79 Å². The quantitative estimate of drug-likeness (QED) is 0.824. The van der Waals surface area contributed by atoms with Crippen LogP contribution in [0.15, 0.2) is 0 Å². The molecule has 0 radical (unpaired) electrons. The Morgan fingerprint density at radius 1 is 1.05 bits per heavy atom. The molecule has 1 aliphatic heterocycles. The minimum atomic E-state index is -0.692. The molecule has 5 heteroatoms. The monoisotopic (exact) mass is 308 g/mol. The first kappa shape index (κ1) is 15.6. The first-order valence-corrected chi connectivity index (χ1v) is 8.88. The van der Waals surface area contributed by atoms with Crippen molar-refractivity contribution < 1.29 is 14.7 Å². The van der Waals surface area contributed by atoms with E-state index in [0.717, 1.165) is 25.7 Å². The average Bonchev–Trinajstić information content (AvgIpc) is 2.83. The molecule has 3 fully saturated rings. The molecule has 3 aliphatic rings. The summed E-state index contributed by atoms with van der Waals surface area (Å²) in [5.41, 5.74) is 0. The van der Waals surface area contributed by atoms with Crippen LogP contribution >= 0.6 is 0 Å². The highest BCUT2D eigenvalue weighted by Crippen LogP contribution is 2.39. The Bertz CT molecular complexity index is 432. The number of likely N-dealkylation sites (tertiary alicyclic amines) is 1. The smallest absolute Gasteiger partial charge is 0.318 e. The van der Waals surface area contributed by atoms with Gasteiger partial charge in [0.05, 0.1) is 5.92 Å². The van der Waals surface area contributed by atoms with Gasteiger partial charge in [-0.25, -0.2) is 4.79 Å². The van der Waals surface area contributed by atoms with Crippen LogP contribution in [-0.4, -0.2) is 40.1 Å². The van der Waals surface area contributed by atoms with Crippen LogP contribution < -0.4 is 5.32 Å². The highest BCUT2D eigenvalue weighted by atomic mass is 16.4. The molecule has 0 aromatic rings. The first-order chi connectivity index (χ1) is 10.6. The fourth-order valence-corrected chi connectivity index (χ4v) is 4.79. The van der Waals surface area contributed by atoms with E-state index in [4.69, 9.17) is 5.11 Å².